The van der Waals surface area contributed by atoms with Crippen molar-refractivity contribution in [2.75, 3.05) is 32.0 Å². The summed E-state index contributed by atoms with van der Waals surface area (Å²) in [7, 11) is -8.59. The van der Waals surface area contributed by atoms with Crippen LogP contribution in [0.1, 0.15) is 149 Å². The Morgan fingerprint density at radius 3 is 1.30 bits per heavy atom. The van der Waals surface area contributed by atoms with Gasteiger partial charge in [0, 0.05) is 12.3 Å². The molecule has 0 aliphatic heterocycles. The Morgan fingerprint density at radius 2 is 0.930 bits per heavy atom. The van der Waals surface area contributed by atoms with Crippen molar-refractivity contribution in [1.29, 1.82) is 0 Å². The van der Waals surface area contributed by atoms with E-state index in [1.807, 2.05) is 0 Å². The van der Waals surface area contributed by atoms with Gasteiger partial charge < -0.3 is 19.7 Å². The fourth-order valence-electron chi connectivity index (χ4n) is 4.20. The third kappa shape index (κ3) is 60.5. The van der Waals surface area contributed by atoms with E-state index in [0.29, 0.717) is 13.0 Å². The summed E-state index contributed by atoms with van der Waals surface area (Å²) < 4.78 is 65.6. The molecular formula is C29H61N2Na3O7S2. The van der Waals surface area contributed by atoms with Crippen LogP contribution in [-0.4, -0.2) is 57.9 Å². The van der Waals surface area contributed by atoms with E-state index in [9.17, 15) is 25.9 Å². The summed E-state index contributed by atoms with van der Waals surface area (Å²) in [6.45, 7) is 8.20. The van der Waals surface area contributed by atoms with Crippen molar-refractivity contribution >= 4 is 20.5 Å². The molecule has 0 rings (SSSR count). The fourth-order valence-corrected chi connectivity index (χ4v) is 4.89. The van der Waals surface area contributed by atoms with E-state index < -0.39 is 20.5 Å². The molecule has 0 atom stereocenters. The molecule has 0 spiro atoms. The van der Waals surface area contributed by atoms with Gasteiger partial charge >= 0.3 is 88.7 Å². The van der Waals surface area contributed by atoms with Gasteiger partial charge in [0.05, 0.1) is 16.7 Å². The molecule has 0 bridgehead atoms. The smallest absolute Gasteiger partial charge is 0.748 e. The third-order valence-corrected chi connectivity index (χ3v) is 7.74. The van der Waals surface area contributed by atoms with Crippen molar-refractivity contribution in [1.82, 2.24) is 10.6 Å². The second kappa shape index (κ2) is 42.7. The molecule has 43 heavy (non-hydrogen) atoms. The summed E-state index contributed by atoms with van der Waals surface area (Å²) in [6, 6.07) is 0. The molecule has 0 aromatic rings. The van der Waals surface area contributed by atoms with Crippen LogP contribution >= 0.6 is 0 Å². The maximum atomic E-state index is 10.3. The van der Waals surface area contributed by atoms with Gasteiger partial charge in [-0.15, -0.1) is 0 Å². The normalized spacial score (nSPS) is 11.1. The first-order valence-electron chi connectivity index (χ1n) is 15.9. The molecule has 244 valence electrons. The monoisotopic (exact) mass is 682 g/mol. The first-order valence-corrected chi connectivity index (χ1v) is 18.8. The summed E-state index contributed by atoms with van der Waals surface area (Å²) in [5.74, 6) is -0.308. The molecule has 0 aromatic heterocycles. The van der Waals surface area contributed by atoms with Gasteiger partial charge in [-0.1, -0.05) is 129 Å². The van der Waals surface area contributed by atoms with Crippen LogP contribution in [0.15, 0.2) is 0 Å². The maximum absolute atomic E-state index is 10.3. The summed E-state index contributed by atoms with van der Waals surface area (Å²) in [5.41, 5.74) is 0. The average Bonchev–Trinajstić information content (AvgIpc) is 2.88. The topological polar surface area (TPSA) is 148 Å². The zero-order chi connectivity index (χ0) is 30.2. The predicted molar refractivity (Wildman–Crippen MR) is 164 cm³/mol. The van der Waals surface area contributed by atoms with E-state index in [1.54, 1.807) is 6.54 Å². The van der Waals surface area contributed by atoms with Crippen LogP contribution in [0.5, 0.6) is 0 Å². The Balaban J connectivity index is -0.000000209. The average molecular weight is 683 g/mol. The molecule has 2 N–H and O–H groups in total. The molecule has 0 heterocycles. The van der Waals surface area contributed by atoms with E-state index in [-0.39, 0.29) is 101 Å². The van der Waals surface area contributed by atoms with Crippen LogP contribution in [0.25, 0.3) is 0 Å². The van der Waals surface area contributed by atoms with Crippen LogP contribution < -0.4 is 99.3 Å². The molecule has 0 fully saturated rings. The molecule has 0 aliphatic rings. The van der Waals surface area contributed by atoms with Crippen molar-refractivity contribution in [3.63, 3.8) is 0 Å². The molecule has 0 aliphatic carbocycles. The first kappa shape index (κ1) is 55.1. The maximum Gasteiger partial charge on any atom is 1.00 e. The van der Waals surface area contributed by atoms with Gasteiger partial charge in [-0.25, -0.2) is 16.8 Å². The minimum absolute atomic E-state index is 0. The molecule has 0 amide bonds. The Kier molecular flexibility index (Phi) is 54.8. The Bertz CT molecular complexity index is 661. The number of nitrogens with one attached hydrogen (secondary N) is 2. The van der Waals surface area contributed by atoms with E-state index in [1.165, 1.54) is 116 Å². The van der Waals surface area contributed by atoms with Gasteiger partial charge in [0.15, 0.2) is 0 Å². The van der Waals surface area contributed by atoms with Gasteiger partial charge in [-0.2, -0.15) is 6.42 Å². The quantitative estimate of drug-likeness (QED) is 0.0278. The van der Waals surface area contributed by atoms with E-state index in [0.717, 1.165) is 25.9 Å². The van der Waals surface area contributed by atoms with Crippen LogP contribution in [-0.2, 0) is 24.7 Å². The van der Waals surface area contributed by atoms with Crippen LogP contribution in [0.3, 0.4) is 0 Å². The first-order chi connectivity index (χ1) is 19.1. The van der Waals surface area contributed by atoms with Gasteiger partial charge in [0.25, 0.3) is 0 Å². The van der Waals surface area contributed by atoms with Crippen molar-refractivity contribution in [3.8, 4) is 0 Å². The van der Waals surface area contributed by atoms with Gasteiger partial charge in [0.2, 0.25) is 10.4 Å². The SMILES string of the molecule is CCCCCCCCCCCCNCCOS(=O)(=O)[O-].CCCCCCCCCCCCN[CH-]CCS(=O)(=O)[O-].[Na+].[Na+].[Na+]. The van der Waals surface area contributed by atoms with E-state index in [2.05, 4.69) is 28.7 Å². The second-order valence-electron chi connectivity index (χ2n) is 10.6. The molecular weight excluding hydrogens is 621 g/mol. The Morgan fingerprint density at radius 1 is 0.558 bits per heavy atom. The largest absolute Gasteiger partial charge is 1.00 e. The van der Waals surface area contributed by atoms with Crippen LogP contribution in [0.4, 0.5) is 0 Å². The molecule has 0 aromatic carbocycles. The van der Waals surface area contributed by atoms with Crippen molar-refractivity contribution < 1.29 is 119 Å². The number of unbranched alkanes of at least 4 members (excludes halogenated alkanes) is 18. The third-order valence-electron chi connectivity index (χ3n) is 6.54. The molecule has 0 radical (unpaired) electrons. The Hall–Kier alpha value is 2.70. The van der Waals surface area contributed by atoms with Gasteiger partial charge in [-0.05, 0) is 25.9 Å². The summed E-state index contributed by atoms with van der Waals surface area (Å²) in [5, 5.41) is 6.11. The minimum Gasteiger partial charge on any atom is -0.748 e. The number of hydrogen-bond donors (Lipinski definition) is 2. The van der Waals surface area contributed by atoms with E-state index in [4.69, 9.17) is 0 Å². The minimum atomic E-state index is -4.53. The zero-order valence-electron chi connectivity index (χ0n) is 28.6. The molecule has 0 saturated heterocycles. The van der Waals surface area contributed by atoms with Crippen molar-refractivity contribution in [2.24, 2.45) is 0 Å². The van der Waals surface area contributed by atoms with Crippen molar-refractivity contribution in [2.45, 2.75) is 149 Å². The summed E-state index contributed by atoms with van der Waals surface area (Å²) in [4.78, 5) is 0. The fraction of sp³-hybridized carbons (Fsp3) is 0.966. The van der Waals surface area contributed by atoms with Gasteiger partial charge in [0.1, 0.15) is 0 Å². The Labute approximate surface area is 333 Å². The van der Waals surface area contributed by atoms with Crippen LogP contribution in [0.2, 0.25) is 0 Å². The second-order valence-corrected chi connectivity index (χ2v) is 13.1. The summed E-state index contributed by atoms with van der Waals surface area (Å²) in [6.07, 6.45) is 26.4. The molecule has 14 heteroatoms. The van der Waals surface area contributed by atoms with E-state index >= 15 is 0 Å². The van der Waals surface area contributed by atoms with Crippen molar-refractivity contribution in [3.05, 3.63) is 6.54 Å². The van der Waals surface area contributed by atoms with Gasteiger partial charge in [-0.3, -0.25) is 10.7 Å². The summed E-state index contributed by atoms with van der Waals surface area (Å²) >= 11 is 0. The number of hydrogen-bond acceptors (Lipinski definition) is 9. The standard InChI is InChI=1S/C15H32NO3S.C14H31NO4S.3Na/c1-2-3-4-5-6-7-8-9-10-11-13-16-14-12-15-20(17,18)19;1-2-3-4-5-6-7-8-9-10-11-12-15-13-14-19-20(16,17)18;;;/h14,16H,2-13,15H2,1H3,(H,17,18,19);15H,2-14H2,1H3,(H,16,17,18);;;/q-1;;3*+1/p-2. The molecule has 0 unspecified atom stereocenters. The molecule has 9 nitrogen and oxygen atoms in total. The zero-order valence-corrected chi connectivity index (χ0v) is 36.3. The molecule has 0 saturated carbocycles. The predicted octanol–water partition coefficient (Wildman–Crippen LogP) is -2.42. The number of rotatable bonds is 30. The van der Waals surface area contributed by atoms with Crippen LogP contribution in [0, 0.1) is 6.54 Å².